The van der Waals surface area contributed by atoms with Crippen LogP contribution in [0.4, 0.5) is 8.78 Å². The Balaban J connectivity index is 1.74. The Morgan fingerprint density at radius 2 is 1.93 bits per heavy atom. The summed E-state index contributed by atoms with van der Waals surface area (Å²) in [5.74, 6) is -2.16. The van der Waals surface area contributed by atoms with Gasteiger partial charge in [-0.05, 0) is 24.1 Å². The van der Waals surface area contributed by atoms with Crippen molar-refractivity contribution in [3.63, 3.8) is 0 Å². The van der Waals surface area contributed by atoms with E-state index < -0.39 is 23.1 Å². The van der Waals surface area contributed by atoms with Gasteiger partial charge in [0.1, 0.15) is 17.2 Å². The topological polar surface area (TPSA) is 77.1 Å². The number of likely N-dealkylation sites (N-methyl/N-ethyl adjacent to an activating group) is 1. The summed E-state index contributed by atoms with van der Waals surface area (Å²) >= 11 is 0. The number of fused-ring (bicyclic) bond motifs is 2. The van der Waals surface area contributed by atoms with Crippen LogP contribution in [0.3, 0.4) is 0 Å². The molecule has 0 saturated carbocycles. The van der Waals surface area contributed by atoms with Crippen LogP contribution in [-0.2, 0) is 13.0 Å². The number of carbonyl (C=O) groups excluding carboxylic acids is 2. The number of nitrogens with zero attached hydrogens (tertiary/aromatic N) is 1. The molecular weight excluding hydrogens is 386 g/mol. The van der Waals surface area contributed by atoms with Gasteiger partial charge in [0.2, 0.25) is 12.5 Å². The van der Waals surface area contributed by atoms with Gasteiger partial charge in [0, 0.05) is 25.7 Å². The number of hydrogen-bond acceptors (Lipinski definition) is 5. The lowest BCUT2D eigenvalue weighted by atomic mass is 9.91. The van der Waals surface area contributed by atoms with E-state index >= 15 is 0 Å². The summed E-state index contributed by atoms with van der Waals surface area (Å²) in [5, 5.41) is 2.52. The molecule has 2 aliphatic heterocycles. The number of amides is 2. The third kappa shape index (κ3) is 3.02. The molecule has 2 heterocycles. The first-order chi connectivity index (χ1) is 13.9. The summed E-state index contributed by atoms with van der Waals surface area (Å²) in [4.78, 5) is 26.7. The van der Waals surface area contributed by atoms with Crippen molar-refractivity contribution in [2.24, 2.45) is 0 Å². The molecule has 152 valence electrons. The predicted molar refractivity (Wildman–Crippen MR) is 97.3 cm³/mol. The number of halogens is 2. The molecule has 0 unspecified atom stereocenters. The number of methoxy groups -OCH3 is 1. The lowest BCUT2D eigenvalue weighted by molar-refractivity contribution is 0.0775. The van der Waals surface area contributed by atoms with Crippen LogP contribution in [-0.4, -0.2) is 44.2 Å². The maximum atomic E-state index is 13.9. The minimum atomic E-state index is -0.958. The van der Waals surface area contributed by atoms with Crippen LogP contribution in [0.2, 0.25) is 0 Å². The summed E-state index contributed by atoms with van der Waals surface area (Å²) in [6.45, 7) is 0.306. The number of carbonyl (C=O) groups is 2. The van der Waals surface area contributed by atoms with Crippen molar-refractivity contribution in [1.82, 2.24) is 10.2 Å². The van der Waals surface area contributed by atoms with E-state index in [2.05, 4.69) is 5.32 Å². The maximum Gasteiger partial charge on any atom is 0.257 e. The van der Waals surface area contributed by atoms with Crippen molar-refractivity contribution in [2.45, 2.75) is 13.0 Å². The molecule has 0 spiro atoms. The minimum absolute atomic E-state index is 0.0680. The largest absolute Gasteiger partial charge is 0.492 e. The van der Waals surface area contributed by atoms with Gasteiger partial charge >= 0.3 is 0 Å². The molecule has 29 heavy (non-hydrogen) atoms. The Morgan fingerprint density at radius 3 is 2.62 bits per heavy atom. The monoisotopic (exact) mass is 404 g/mol. The fourth-order valence-electron chi connectivity index (χ4n) is 3.64. The second-order valence-corrected chi connectivity index (χ2v) is 6.69. The molecule has 2 aliphatic rings. The summed E-state index contributed by atoms with van der Waals surface area (Å²) in [6.07, 6.45) is 0.504. The highest BCUT2D eigenvalue weighted by molar-refractivity contribution is 6.01. The van der Waals surface area contributed by atoms with Crippen LogP contribution in [0.1, 0.15) is 31.8 Å². The van der Waals surface area contributed by atoms with Crippen LogP contribution >= 0.6 is 0 Å². The quantitative estimate of drug-likeness (QED) is 0.846. The number of rotatable bonds is 4. The zero-order chi connectivity index (χ0) is 20.7. The normalized spacial score (nSPS) is 14.6. The van der Waals surface area contributed by atoms with E-state index in [1.807, 2.05) is 0 Å². The van der Waals surface area contributed by atoms with Gasteiger partial charge in [0.05, 0.1) is 12.7 Å². The predicted octanol–water partition coefficient (Wildman–Crippen LogP) is 2.26. The maximum absolute atomic E-state index is 13.9. The van der Waals surface area contributed by atoms with Gasteiger partial charge in [-0.1, -0.05) is 6.07 Å². The minimum Gasteiger partial charge on any atom is -0.492 e. The molecule has 2 aromatic carbocycles. The van der Waals surface area contributed by atoms with E-state index in [1.54, 1.807) is 11.9 Å². The van der Waals surface area contributed by atoms with Crippen LogP contribution in [0.25, 0.3) is 0 Å². The first-order valence-electron chi connectivity index (χ1n) is 8.93. The zero-order valence-corrected chi connectivity index (χ0v) is 15.8. The lowest BCUT2D eigenvalue weighted by Gasteiger charge is -2.29. The van der Waals surface area contributed by atoms with Crippen molar-refractivity contribution >= 4 is 11.8 Å². The number of hydrogen-bond donors (Lipinski definition) is 1. The molecule has 0 radical (unpaired) electrons. The molecule has 0 atom stereocenters. The molecule has 0 aliphatic carbocycles. The third-order valence-corrected chi connectivity index (χ3v) is 5.06. The first-order valence-corrected chi connectivity index (χ1v) is 8.93. The highest BCUT2D eigenvalue weighted by Gasteiger charge is 2.36. The number of ether oxygens (including phenoxy) is 3. The standard InChI is InChI=1S/C20H18F2N2O5/c1-24-7-6-10-11(8-23-19(25)15-12(21)4-3-5-13(15)22)16-18(29-9-28-16)17(27-2)14(10)20(24)26/h3-5H,6-9H2,1-2H3,(H,23,25). The van der Waals surface area contributed by atoms with E-state index in [0.29, 0.717) is 35.4 Å². The van der Waals surface area contributed by atoms with Gasteiger partial charge in [0.25, 0.3) is 11.8 Å². The molecule has 7 nitrogen and oxygen atoms in total. The van der Waals surface area contributed by atoms with Crippen molar-refractivity contribution in [1.29, 1.82) is 0 Å². The Bertz CT molecular complexity index is 1000. The smallest absolute Gasteiger partial charge is 0.257 e. The van der Waals surface area contributed by atoms with Crippen LogP contribution in [0.15, 0.2) is 18.2 Å². The van der Waals surface area contributed by atoms with Gasteiger partial charge < -0.3 is 24.4 Å². The average molecular weight is 404 g/mol. The van der Waals surface area contributed by atoms with Crippen LogP contribution < -0.4 is 19.5 Å². The van der Waals surface area contributed by atoms with Gasteiger partial charge in [-0.3, -0.25) is 9.59 Å². The van der Waals surface area contributed by atoms with Crippen molar-refractivity contribution < 1.29 is 32.6 Å². The number of benzene rings is 2. The SMILES string of the molecule is COc1c2c(c(CNC(=O)c3c(F)cccc3F)c3c1C(=O)N(C)CC3)OCO2. The highest BCUT2D eigenvalue weighted by atomic mass is 19.1. The molecule has 2 amide bonds. The molecule has 4 rings (SSSR count). The Hall–Kier alpha value is -3.36. The lowest BCUT2D eigenvalue weighted by Crippen LogP contribution is -2.36. The molecule has 1 N–H and O–H groups in total. The average Bonchev–Trinajstić information content (AvgIpc) is 3.17. The second kappa shape index (κ2) is 7.23. The fraction of sp³-hybridized carbons (Fsp3) is 0.300. The highest BCUT2D eigenvalue weighted by Crippen LogP contribution is 2.49. The van der Waals surface area contributed by atoms with Crippen LogP contribution in [0, 0.1) is 11.6 Å². The summed E-state index contributed by atoms with van der Waals surface area (Å²) < 4.78 is 44.3. The molecule has 0 bridgehead atoms. The summed E-state index contributed by atoms with van der Waals surface area (Å²) in [7, 11) is 3.11. The molecule has 0 aromatic heterocycles. The first kappa shape index (κ1) is 19.0. The van der Waals surface area contributed by atoms with E-state index in [9.17, 15) is 18.4 Å². The van der Waals surface area contributed by atoms with Gasteiger partial charge in [-0.2, -0.15) is 0 Å². The van der Waals surface area contributed by atoms with Crippen molar-refractivity contribution in [3.05, 3.63) is 52.1 Å². The summed E-state index contributed by atoms with van der Waals surface area (Å²) in [6, 6.07) is 3.20. The third-order valence-electron chi connectivity index (χ3n) is 5.06. The Kier molecular flexibility index (Phi) is 4.73. The Morgan fingerprint density at radius 1 is 1.24 bits per heavy atom. The van der Waals surface area contributed by atoms with Crippen molar-refractivity contribution in [2.75, 3.05) is 27.5 Å². The molecule has 9 heteroatoms. The van der Waals surface area contributed by atoms with E-state index in [-0.39, 0.29) is 30.7 Å². The molecule has 0 fully saturated rings. The van der Waals surface area contributed by atoms with E-state index in [1.165, 1.54) is 13.2 Å². The Labute approximate surface area is 165 Å². The van der Waals surface area contributed by atoms with E-state index in [4.69, 9.17) is 14.2 Å². The fourth-order valence-corrected chi connectivity index (χ4v) is 3.64. The summed E-state index contributed by atoms with van der Waals surface area (Å²) in [5.41, 5.74) is 0.856. The molecule has 0 saturated heterocycles. The molecular formula is C20H18F2N2O5. The second-order valence-electron chi connectivity index (χ2n) is 6.69. The van der Waals surface area contributed by atoms with Crippen LogP contribution in [0.5, 0.6) is 17.2 Å². The van der Waals surface area contributed by atoms with Crippen molar-refractivity contribution in [3.8, 4) is 17.2 Å². The number of nitrogens with one attached hydrogen (secondary N) is 1. The molecule has 2 aromatic rings. The van der Waals surface area contributed by atoms with Gasteiger partial charge in [-0.25, -0.2) is 8.78 Å². The van der Waals surface area contributed by atoms with E-state index in [0.717, 1.165) is 12.1 Å². The van der Waals surface area contributed by atoms with Gasteiger partial charge in [-0.15, -0.1) is 0 Å². The zero-order valence-electron chi connectivity index (χ0n) is 15.8. The van der Waals surface area contributed by atoms with Gasteiger partial charge in [0.15, 0.2) is 11.5 Å².